The van der Waals surface area contributed by atoms with E-state index in [-0.39, 0.29) is 23.4 Å². The smallest absolute Gasteiger partial charge is 0.289 e. The van der Waals surface area contributed by atoms with Crippen LogP contribution in [0.5, 0.6) is 0 Å². The highest BCUT2D eigenvalue weighted by Gasteiger charge is 2.65. The van der Waals surface area contributed by atoms with Crippen molar-refractivity contribution >= 4 is 12.2 Å². The molecule has 1 aromatic heterocycles. The molecule has 0 radical (unpaired) electrons. The van der Waals surface area contributed by atoms with Gasteiger partial charge in [-0.05, 0) is 32.0 Å². The largest absolute Gasteiger partial charge is 0.412 e. The van der Waals surface area contributed by atoms with Gasteiger partial charge in [-0.1, -0.05) is 0 Å². The van der Waals surface area contributed by atoms with Crippen LogP contribution < -0.4 is 0 Å². The van der Waals surface area contributed by atoms with Crippen LogP contribution in [0.1, 0.15) is 18.7 Å². The highest BCUT2D eigenvalue weighted by molar-refractivity contribution is 7.71. The number of alkyl halides is 3. The van der Waals surface area contributed by atoms with E-state index in [2.05, 4.69) is 10.2 Å². The molecule has 2 rings (SSSR count). The highest BCUT2D eigenvalue weighted by Crippen LogP contribution is 2.55. The first kappa shape index (κ1) is 9.70. The lowest BCUT2D eigenvalue weighted by Gasteiger charge is -2.21. The number of aromatic nitrogens is 3. The molecule has 0 spiro atoms. The van der Waals surface area contributed by atoms with Crippen LogP contribution in [-0.2, 0) is 5.54 Å². The number of aromatic amines is 1. The molecule has 1 saturated carbocycles. The third-order valence-electron chi connectivity index (χ3n) is 2.52. The van der Waals surface area contributed by atoms with Crippen LogP contribution in [0.15, 0.2) is 0 Å². The minimum atomic E-state index is -4.25. The average molecular weight is 223 g/mol. The minimum absolute atomic E-state index is 0.0392. The summed E-state index contributed by atoms with van der Waals surface area (Å²) in [5.74, 6) is 0.282. The fraction of sp³-hybridized carbons (Fsp3) is 0.714. The number of H-pyrrole nitrogens is 1. The summed E-state index contributed by atoms with van der Waals surface area (Å²) in [6.07, 6.45) is -4.07. The quantitative estimate of drug-likeness (QED) is 0.741. The predicted molar refractivity (Wildman–Crippen MR) is 45.4 cm³/mol. The minimum Gasteiger partial charge on any atom is -0.289 e. The maximum absolute atomic E-state index is 12.7. The van der Waals surface area contributed by atoms with Crippen molar-refractivity contribution in [2.24, 2.45) is 0 Å². The monoisotopic (exact) mass is 223 g/mol. The fourth-order valence-electron chi connectivity index (χ4n) is 1.63. The van der Waals surface area contributed by atoms with E-state index < -0.39 is 11.7 Å². The molecule has 0 atom stereocenters. The van der Waals surface area contributed by atoms with E-state index >= 15 is 0 Å². The Morgan fingerprint density at radius 2 is 2.07 bits per heavy atom. The van der Waals surface area contributed by atoms with E-state index in [1.165, 1.54) is 6.92 Å². The maximum Gasteiger partial charge on any atom is 0.412 e. The third-order valence-corrected chi connectivity index (χ3v) is 2.79. The maximum atomic E-state index is 12.7. The van der Waals surface area contributed by atoms with Gasteiger partial charge in [0.05, 0.1) is 0 Å². The molecule has 78 valence electrons. The zero-order valence-corrected chi connectivity index (χ0v) is 8.17. The van der Waals surface area contributed by atoms with Crippen LogP contribution in [0.25, 0.3) is 0 Å². The van der Waals surface area contributed by atoms with Crippen LogP contribution in [-0.4, -0.2) is 20.9 Å². The van der Waals surface area contributed by atoms with Crippen molar-refractivity contribution in [1.82, 2.24) is 14.8 Å². The van der Waals surface area contributed by atoms with Gasteiger partial charge in [0.25, 0.3) is 0 Å². The van der Waals surface area contributed by atoms with E-state index in [1.807, 2.05) is 0 Å². The summed E-state index contributed by atoms with van der Waals surface area (Å²) >= 11 is 4.77. The van der Waals surface area contributed by atoms with Crippen molar-refractivity contribution in [3.63, 3.8) is 0 Å². The Balaban J connectivity index is 2.56. The zero-order valence-electron chi connectivity index (χ0n) is 7.35. The molecular formula is C7H8F3N3S. The lowest BCUT2D eigenvalue weighted by Crippen LogP contribution is -2.35. The molecule has 1 aliphatic rings. The summed E-state index contributed by atoms with van der Waals surface area (Å²) in [5, 5.41) is 6.05. The summed E-state index contributed by atoms with van der Waals surface area (Å²) in [6, 6.07) is 0. The SMILES string of the molecule is Cc1n[nH]c(=S)n1C1(C(F)(F)F)CC1. The summed E-state index contributed by atoms with van der Waals surface area (Å²) in [7, 11) is 0. The Morgan fingerprint density at radius 1 is 1.50 bits per heavy atom. The molecule has 3 nitrogen and oxygen atoms in total. The van der Waals surface area contributed by atoms with Gasteiger partial charge in [-0.2, -0.15) is 18.3 Å². The van der Waals surface area contributed by atoms with E-state index in [9.17, 15) is 13.2 Å². The Morgan fingerprint density at radius 3 is 2.36 bits per heavy atom. The van der Waals surface area contributed by atoms with Gasteiger partial charge < -0.3 is 0 Å². The van der Waals surface area contributed by atoms with Crippen molar-refractivity contribution in [2.75, 3.05) is 0 Å². The Kier molecular flexibility index (Phi) is 1.79. The molecule has 14 heavy (non-hydrogen) atoms. The van der Waals surface area contributed by atoms with Crippen LogP contribution in [0, 0.1) is 11.7 Å². The molecule has 0 amide bonds. The summed E-state index contributed by atoms with van der Waals surface area (Å²) < 4.78 is 39.2. The molecule has 1 N–H and O–H groups in total. The van der Waals surface area contributed by atoms with Crippen molar-refractivity contribution in [3.8, 4) is 0 Å². The number of halogens is 3. The van der Waals surface area contributed by atoms with Crippen molar-refractivity contribution in [2.45, 2.75) is 31.5 Å². The molecule has 0 unspecified atom stereocenters. The molecule has 1 heterocycles. The first-order chi connectivity index (χ1) is 6.38. The van der Waals surface area contributed by atoms with Gasteiger partial charge in [-0.3, -0.25) is 9.67 Å². The number of rotatable bonds is 1. The van der Waals surface area contributed by atoms with Crippen molar-refractivity contribution in [3.05, 3.63) is 10.6 Å². The molecule has 7 heteroatoms. The van der Waals surface area contributed by atoms with Crippen LogP contribution >= 0.6 is 12.2 Å². The second-order valence-electron chi connectivity index (χ2n) is 3.44. The molecule has 0 aliphatic heterocycles. The first-order valence-corrected chi connectivity index (χ1v) is 4.50. The second-order valence-corrected chi connectivity index (χ2v) is 3.83. The summed E-state index contributed by atoms with van der Waals surface area (Å²) in [5.41, 5.74) is -1.79. The van der Waals surface area contributed by atoms with Gasteiger partial charge in [0.2, 0.25) is 0 Å². The van der Waals surface area contributed by atoms with Crippen LogP contribution in [0.3, 0.4) is 0 Å². The topological polar surface area (TPSA) is 33.6 Å². The highest BCUT2D eigenvalue weighted by atomic mass is 32.1. The van der Waals surface area contributed by atoms with Crippen molar-refractivity contribution < 1.29 is 13.2 Å². The number of hydrogen-bond donors (Lipinski definition) is 1. The van der Waals surface area contributed by atoms with Gasteiger partial charge >= 0.3 is 6.18 Å². The van der Waals surface area contributed by atoms with Gasteiger partial charge in [0.15, 0.2) is 4.77 Å². The Labute approximate surface area is 82.9 Å². The van der Waals surface area contributed by atoms with Crippen LogP contribution in [0.4, 0.5) is 13.2 Å². The second kappa shape index (κ2) is 2.59. The van der Waals surface area contributed by atoms with E-state index in [0.717, 1.165) is 4.57 Å². The Bertz CT molecular complexity index is 413. The lowest BCUT2D eigenvalue weighted by molar-refractivity contribution is -0.180. The first-order valence-electron chi connectivity index (χ1n) is 4.10. The molecule has 0 saturated heterocycles. The third kappa shape index (κ3) is 1.11. The van der Waals surface area contributed by atoms with E-state index in [1.54, 1.807) is 0 Å². The normalized spacial score (nSPS) is 19.7. The fourth-order valence-corrected chi connectivity index (χ4v) is 1.98. The molecular weight excluding hydrogens is 215 g/mol. The van der Waals surface area contributed by atoms with Gasteiger partial charge in [0.1, 0.15) is 11.4 Å². The standard InChI is InChI=1S/C7H8F3N3S/c1-4-11-12-5(14)13(4)6(2-3-6)7(8,9)10/h2-3H2,1H3,(H,12,14). The van der Waals surface area contributed by atoms with E-state index in [0.29, 0.717) is 0 Å². The molecule has 0 aromatic carbocycles. The van der Waals surface area contributed by atoms with Gasteiger partial charge in [-0.25, -0.2) is 0 Å². The zero-order chi connectivity index (χ0) is 10.6. The lowest BCUT2D eigenvalue weighted by atomic mass is 10.2. The molecule has 0 bridgehead atoms. The number of nitrogens with one attached hydrogen (secondary N) is 1. The number of nitrogens with zero attached hydrogens (tertiary/aromatic N) is 2. The van der Waals surface area contributed by atoms with Gasteiger partial charge in [-0.15, -0.1) is 0 Å². The molecule has 1 aromatic rings. The molecule has 1 aliphatic carbocycles. The average Bonchev–Trinajstić information content (AvgIpc) is 2.76. The Hall–Kier alpha value is -0.850. The molecule has 1 fully saturated rings. The van der Waals surface area contributed by atoms with Crippen LogP contribution in [0.2, 0.25) is 0 Å². The predicted octanol–water partition coefficient (Wildman–Crippen LogP) is 2.30. The number of hydrogen-bond acceptors (Lipinski definition) is 2. The van der Waals surface area contributed by atoms with Crippen molar-refractivity contribution in [1.29, 1.82) is 0 Å². The summed E-state index contributed by atoms with van der Waals surface area (Å²) in [6.45, 7) is 1.51. The van der Waals surface area contributed by atoms with Gasteiger partial charge in [0, 0.05) is 0 Å². The van der Waals surface area contributed by atoms with E-state index in [4.69, 9.17) is 12.2 Å². The number of aryl methyl sites for hydroxylation is 1. The summed E-state index contributed by atoms with van der Waals surface area (Å²) in [4.78, 5) is 0.